The van der Waals surface area contributed by atoms with Crippen molar-refractivity contribution in [2.45, 2.75) is 5.33 Å². The van der Waals surface area contributed by atoms with Crippen LogP contribution in [-0.2, 0) is 5.33 Å². The van der Waals surface area contributed by atoms with E-state index in [9.17, 15) is 0 Å². The summed E-state index contributed by atoms with van der Waals surface area (Å²) in [6, 6.07) is 9.90. The van der Waals surface area contributed by atoms with Crippen LogP contribution in [0.1, 0.15) is 5.56 Å². The van der Waals surface area contributed by atoms with Crippen LogP contribution < -0.4 is 4.90 Å². The predicted molar refractivity (Wildman–Crippen MR) is 70.2 cm³/mol. The predicted octanol–water partition coefficient (Wildman–Crippen LogP) is 3.20. The van der Waals surface area contributed by atoms with Gasteiger partial charge >= 0.3 is 0 Å². The fourth-order valence-electron chi connectivity index (χ4n) is 1.25. The maximum absolute atomic E-state index is 8.67. The molecule has 0 saturated heterocycles. The largest absolute Gasteiger partial charge is 0.345 e. The molecule has 82 valence electrons. The number of nitrogens with zero attached hydrogens (tertiary/aromatic N) is 3. The van der Waals surface area contributed by atoms with Gasteiger partial charge in [-0.2, -0.15) is 10.5 Å². The van der Waals surface area contributed by atoms with E-state index in [1.165, 1.54) is 0 Å². The second kappa shape index (κ2) is 6.52. The van der Waals surface area contributed by atoms with Crippen LogP contribution in [0, 0.1) is 22.7 Å². The third kappa shape index (κ3) is 3.23. The summed E-state index contributed by atoms with van der Waals surface area (Å²) in [5.41, 5.74) is 2.01. The van der Waals surface area contributed by atoms with Crippen LogP contribution in [0.4, 0.5) is 5.69 Å². The average molecular weight is 343 g/mol. The number of benzene rings is 1. The molecule has 0 aliphatic heterocycles. The molecule has 1 aromatic rings. The smallest absolute Gasteiger partial charge is 0.106 e. The number of hydrogen-bond acceptors (Lipinski definition) is 3. The summed E-state index contributed by atoms with van der Waals surface area (Å²) in [7, 11) is 0. The van der Waals surface area contributed by atoms with E-state index in [2.05, 4.69) is 31.9 Å². The van der Waals surface area contributed by atoms with Crippen LogP contribution >= 0.6 is 31.9 Å². The third-order valence-corrected chi connectivity index (χ3v) is 3.41. The minimum absolute atomic E-state index is 0.216. The highest BCUT2D eigenvalue weighted by Crippen LogP contribution is 2.25. The summed E-state index contributed by atoms with van der Waals surface area (Å²) in [5.74, 6) is 0. The molecule has 3 nitrogen and oxygen atoms in total. The Bertz CT molecular complexity index is 430. The summed E-state index contributed by atoms with van der Waals surface area (Å²) >= 11 is 6.84. The highest BCUT2D eigenvalue weighted by atomic mass is 79.9. The van der Waals surface area contributed by atoms with E-state index in [1.54, 1.807) is 4.90 Å². The molecule has 0 bridgehead atoms. The molecule has 0 aromatic heterocycles. The third-order valence-electron chi connectivity index (χ3n) is 2.07. The molecule has 0 saturated carbocycles. The normalized spacial score (nSPS) is 9.25. The van der Waals surface area contributed by atoms with E-state index >= 15 is 0 Å². The molecule has 16 heavy (non-hydrogen) atoms. The van der Waals surface area contributed by atoms with Gasteiger partial charge in [-0.05, 0) is 17.7 Å². The van der Waals surface area contributed by atoms with Gasteiger partial charge in [0.25, 0.3) is 0 Å². The van der Waals surface area contributed by atoms with Gasteiger partial charge in [0.05, 0.1) is 12.1 Å². The van der Waals surface area contributed by atoms with Gasteiger partial charge in [0.2, 0.25) is 0 Å². The van der Waals surface area contributed by atoms with E-state index < -0.39 is 0 Å². The fraction of sp³-hybridized carbons (Fsp3) is 0.273. The van der Waals surface area contributed by atoms with Crippen LogP contribution in [0.25, 0.3) is 0 Å². The topological polar surface area (TPSA) is 50.8 Å². The van der Waals surface area contributed by atoms with Crippen molar-refractivity contribution >= 4 is 37.5 Å². The lowest BCUT2D eigenvalue weighted by Gasteiger charge is -2.18. The Kier molecular flexibility index (Phi) is 5.31. The molecule has 0 N–H and O–H groups in total. The number of halogens is 2. The van der Waals surface area contributed by atoms with E-state index in [4.69, 9.17) is 10.5 Å². The first-order chi connectivity index (χ1) is 7.72. The maximum atomic E-state index is 8.67. The monoisotopic (exact) mass is 341 g/mol. The van der Waals surface area contributed by atoms with Crippen molar-refractivity contribution in [2.24, 2.45) is 0 Å². The van der Waals surface area contributed by atoms with Gasteiger partial charge in [-0.3, -0.25) is 0 Å². The molecule has 1 rings (SSSR count). The fourth-order valence-corrected chi connectivity index (χ4v) is 2.62. The zero-order valence-electron chi connectivity index (χ0n) is 8.45. The summed E-state index contributed by atoms with van der Waals surface area (Å²) in [6.45, 7) is 0.432. The quantitative estimate of drug-likeness (QED) is 0.623. The molecule has 0 unspecified atom stereocenters. The first kappa shape index (κ1) is 13.0. The molecule has 0 amide bonds. The SMILES string of the molecule is N#CCN(CC#N)c1ccc(CBr)c(Br)c1. The minimum atomic E-state index is 0.216. The Morgan fingerprint density at radius 2 is 1.81 bits per heavy atom. The lowest BCUT2D eigenvalue weighted by Crippen LogP contribution is -2.23. The van der Waals surface area contributed by atoms with E-state index in [1.807, 2.05) is 30.3 Å². The Balaban J connectivity index is 2.98. The lowest BCUT2D eigenvalue weighted by atomic mass is 10.2. The van der Waals surface area contributed by atoms with Gasteiger partial charge < -0.3 is 4.90 Å². The first-order valence-electron chi connectivity index (χ1n) is 4.56. The van der Waals surface area contributed by atoms with Crippen molar-refractivity contribution in [1.82, 2.24) is 0 Å². The molecular weight excluding hydrogens is 334 g/mol. The molecule has 1 aromatic carbocycles. The molecule has 0 radical (unpaired) electrons. The van der Waals surface area contributed by atoms with Crippen molar-refractivity contribution in [1.29, 1.82) is 10.5 Å². The van der Waals surface area contributed by atoms with Crippen molar-refractivity contribution in [3.8, 4) is 12.1 Å². The van der Waals surface area contributed by atoms with Gasteiger partial charge in [-0.1, -0.05) is 37.9 Å². The molecule has 0 atom stereocenters. The highest BCUT2D eigenvalue weighted by molar-refractivity contribution is 9.10. The molecule has 0 aliphatic carbocycles. The number of anilines is 1. The minimum Gasteiger partial charge on any atom is -0.345 e. The zero-order valence-corrected chi connectivity index (χ0v) is 11.6. The van der Waals surface area contributed by atoms with Gasteiger partial charge in [0, 0.05) is 15.5 Å². The first-order valence-corrected chi connectivity index (χ1v) is 6.47. The molecule has 5 heteroatoms. The molecule has 0 fully saturated rings. The number of alkyl halides is 1. The second-order valence-electron chi connectivity index (χ2n) is 3.08. The van der Waals surface area contributed by atoms with Crippen molar-refractivity contribution in [2.75, 3.05) is 18.0 Å². The van der Waals surface area contributed by atoms with Crippen LogP contribution in [0.15, 0.2) is 22.7 Å². The van der Waals surface area contributed by atoms with E-state index in [0.29, 0.717) is 0 Å². The average Bonchev–Trinajstić information content (AvgIpc) is 2.28. The van der Waals surface area contributed by atoms with Crippen LogP contribution in [0.3, 0.4) is 0 Å². The highest BCUT2D eigenvalue weighted by Gasteiger charge is 2.07. The molecule has 0 heterocycles. The second-order valence-corrected chi connectivity index (χ2v) is 4.50. The Hall–Kier alpha value is -1.04. The van der Waals surface area contributed by atoms with Crippen LogP contribution in [0.5, 0.6) is 0 Å². The molecular formula is C11H9Br2N3. The van der Waals surface area contributed by atoms with Gasteiger partial charge in [0.15, 0.2) is 0 Å². The summed E-state index contributed by atoms with van der Waals surface area (Å²) in [6.07, 6.45) is 0. The summed E-state index contributed by atoms with van der Waals surface area (Å²) in [4.78, 5) is 1.72. The summed E-state index contributed by atoms with van der Waals surface area (Å²) in [5, 5.41) is 18.1. The zero-order chi connectivity index (χ0) is 12.0. The summed E-state index contributed by atoms with van der Waals surface area (Å²) < 4.78 is 0.975. The van der Waals surface area contributed by atoms with E-state index in [0.717, 1.165) is 21.1 Å². The maximum Gasteiger partial charge on any atom is 0.106 e. The molecule has 0 spiro atoms. The van der Waals surface area contributed by atoms with Crippen molar-refractivity contribution in [3.63, 3.8) is 0 Å². The Morgan fingerprint density at radius 3 is 2.25 bits per heavy atom. The van der Waals surface area contributed by atoms with Gasteiger partial charge in [-0.25, -0.2) is 0 Å². The standard InChI is InChI=1S/C11H9Br2N3/c12-8-9-1-2-10(7-11(9)13)16(5-3-14)6-4-15/h1-2,7H,5-6,8H2. The van der Waals surface area contributed by atoms with E-state index in [-0.39, 0.29) is 13.1 Å². The van der Waals surface area contributed by atoms with Gasteiger partial charge in [-0.15, -0.1) is 0 Å². The lowest BCUT2D eigenvalue weighted by molar-refractivity contribution is 0.965. The van der Waals surface area contributed by atoms with Gasteiger partial charge in [0.1, 0.15) is 13.1 Å². The Morgan fingerprint density at radius 1 is 1.19 bits per heavy atom. The van der Waals surface area contributed by atoms with Crippen molar-refractivity contribution in [3.05, 3.63) is 28.2 Å². The van der Waals surface area contributed by atoms with Crippen LogP contribution in [-0.4, -0.2) is 13.1 Å². The molecule has 0 aliphatic rings. The number of rotatable bonds is 4. The Labute approximate surface area is 112 Å². The van der Waals surface area contributed by atoms with Crippen LogP contribution in [0.2, 0.25) is 0 Å². The van der Waals surface area contributed by atoms with Crippen molar-refractivity contribution < 1.29 is 0 Å². The number of hydrogen-bond donors (Lipinski definition) is 0. The number of nitriles is 2.